The number of hydrogen-bond donors (Lipinski definition) is 1. The molecule has 3 heterocycles. The van der Waals surface area contributed by atoms with Gasteiger partial charge in [-0.3, -0.25) is 23.7 Å². The highest BCUT2D eigenvalue weighted by Gasteiger charge is 2.57. The van der Waals surface area contributed by atoms with Gasteiger partial charge in [-0.05, 0) is 60.2 Å². The number of thioether (sulfide) groups is 1. The Morgan fingerprint density at radius 1 is 1.00 bits per heavy atom. The molecular formula is C30H21ClF3N3O5S2. The van der Waals surface area contributed by atoms with Gasteiger partial charge in [0, 0.05) is 21.5 Å². The number of rotatable bonds is 6. The number of nitrogens with one attached hydrogen (secondary N) is 1. The summed E-state index contributed by atoms with van der Waals surface area (Å²) in [5.41, 5.74) is -0.118. The van der Waals surface area contributed by atoms with E-state index in [4.69, 9.17) is 16.3 Å². The molecule has 44 heavy (non-hydrogen) atoms. The summed E-state index contributed by atoms with van der Waals surface area (Å²) in [5, 5.41) is 2.48. The van der Waals surface area contributed by atoms with Gasteiger partial charge in [-0.2, -0.15) is 13.2 Å². The Labute approximate surface area is 261 Å². The van der Waals surface area contributed by atoms with Crippen molar-refractivity contribution >= 4 is 63.8 Å². The number of thiazole rings is 1. The summed E-state index contributed by atoms with van der Waals surface area (Å²) in [4.78, 5) is 54.8. The van der Waals surface area contributed by atoms with Crippen LogP contribution >= 0.6 is 34.7 Å². The van der Waals surface area contributed by atoms with Gasteiger partial charge in [-0.1, -0.05) is 52.9 Å². The van der Waals surface area contributed by atoms with E-state index in [-0.39, 0.29) is 12.2 Å². The Kier molecular flexibility index (Phi) is 7.80. The smallest absolute Gasteiger partial charge is 0.416 e. The molecule has 0 spiro atoms. The van der Waals surface area contributed by atoms with Crippen LogP contribution in [-0.4, -0.2) is 34.6 Å². The number of methoxy groups -OCH3 is 1. The number of aromatic nitrogens is 1. The summed E-state index contributed by atoms with van der Waals surface area (Å²) in [6.45, 7) is -0.369. The van der Waals surface area contributed by atoms with Gasteiger partial charge in [0.1, 0.15) is 17.5 Å². The van der Waals surface area contributed by atoms with Gasteiger partial charge in [0.25, 0.3) is 0 Å². The number of nitrogens with zero attached hydrogens (tertiary/aromatic N) is 2. The zero-order valence-corrected chi connectivity index (χ0v) is 25.0. The van der Waals surface area contributed by atoms with Gasteiger partial charge in [-0.15, -0.1) is 0 Å². The van der Waals surface area contributed by atoms with E-state index in [1.165, 1.54) is 17.7 Å². The third-order valence-corrected chi connectivity index (χ3v) is 10.2. The van der Waals surface area contributed by atoms with Crippen LogP contribution in [0.2, 0.25) is 5.02 Å². The lowest BCUT2D eigenvalue weighted by atomic mass is 9.83. The second-order valence-corrected chi connectivity index (χ2v) is 12.6. The highest BCUT2D eigenvalue weighted by Crippen LogP contribution is 2.54. The minimum atomic E-state index is -4.68. The highest BCUT2D eigenvalue weighted by molar-refractivity contribution is 8.00. The van der Waals surface area contributed by atoms with Crippen molar-refractivity contribution in [2.24, 2.45) is 5.92 Å². The molecule has 0 unspecified atom stereocenters. The van der Waals surface area contributed by atoms with Crippen molar-refractivity contribution in [2.45, 2.75) is 28.9 Å². The average Bonchev–Trinajstić information content (AvgIpc) is 3.44. The quantitative estimate of drug-likeness (QED) is 0.254. The molecule has 3 atom stereocenters. The first-order chi connectivity index (χ1) is 21.0. The Hall–Kier alpha value is -4.07. The molecule has 0 aliphatic carbocycles. The molecular weight excluding hydrogens is 639 g/mol. The molecule has 1 fully saturated rings. The fraction of sp³-hybridized carbons (Fsp3) is 0.200. The van der Waals surface area contributed by atoms with Crippen molar-refractivity contribution in [1.29, 1.82) is 0 Å². The molecule has 3 aromatic carbocycles. The molecule has 6 rings (SSSR count). The summed E-state index contributed by atoms with van der Waals surface area (Å²) in [6.07, 6.45) is -4.68. The van der Waals surface area contributed by atoms with Crippen molar-refractivity contribution in [3.63, 3.8) is 0 Å². The van der Waals surface area contributed by atoms with Crippen LogP contribution in [0.25, 0.3) is 0 Å². The van der Waals surface area contributed by atoms with Gasteiger partial charge in [0.2, 0.25) is 17.7 Å². The van der Waals surface area contributed by atoms with Crippen molar-refractivity contribution in [1.82, 2.24) is 4.57 Å². The number of anilines is 2. The third-order valence-electron chi connectivity index (χ3n) is 7.39. The zero-order valence-electron chi connectivity index (χ0n) is 22.6. The highest BCUT2D eigenvalue weighted by atomic mass is 35.5. The van der Waals surface area contributed by atoms with Gasteiger partial charge in [0.05, 0.1) is 29.3 Å². The van der Waals surface area contributed by atoms with Crippen LogP contribution in [0.4, 0.5) is 24.5 Å². The van der Waals surface area contributed by atoms with Crippen molar-refractivity contribution in [3.05, 3.63) is 103 Å². The lowest BCUT2D eigenvalue weighted by Crippen LogP contribution is -2.33. The number of carbonyl (C=O) groups excluding carboxylic acids is 3. The molecule has 4 aromatic rings. The van der Waals surface area contributed by atoms with Crippen LogP contribution < -0.4 is 19.8 Å². The van der Waals surface area contributed by atoms with Crippen LogP contribution in [0.15, 0.2) is 82.6 Å². The van der Waals surface area contributed by atoms with E-state index in [1.807, 2.05) is 0 Å². The average molecular weight is 660 g/mol. The second-order valence-electron chi connectivity index (χ2n) is 10.1. The standard InChI is InChI=1S/C30H21ClF3N3O5S2/c1-42-20-11-5-15(6-12-20)22-23-24(27(40)37(26(23)39)19-4-2-3-16(13-19)30(32,33)34)43-28-25(22)44-29(41)36(28)14-21(38)35-18-9-7-17(31)8-10-18/h2-13,22-24H,14H2,1H3,(H,35,38)/t22-,23-,24+/m0/s1. The van der Waals surface area contributed by atoms with Crippen molar-refractivity contribution < 1.29 is 32.3 Å². The summed E-state index contributed by atoms with van der Waals surface area (Å²) >= 11 is 7.75. The lowest BCUT2D eigenvalue weighted by Gasteiger charge is -2.30. The van der Waals surface area contributed by atoms with Gasteiger partial charge >= 0.3 is 11.0 Å². The number of benzene rings is 3. The molecule has 1 saturated heterocycles. The van der Waals surface area contributed by atoms with Crippen LogP contribution in [0, 0.1) is 5.92 Å². The minimum absolute atomic E-state index is 0.193. The first-order valence-electron chi connectivity index (χ1n) is 13.1. The Morgan fingerprint density at radius 3 is 2.36 bits per heavy atom. The molecule has 2 aliphatic rings. The van der Waals surface area contributed by atoms with E-state index >= 15 is 0 Å². The van der Waals surface area contributed by atoms with Crippen LogP contribution in [0.1, 0.15) is 21.9 Å². The third kappa shape index (κ3) is 5.39. The molecule has 2 aliphatic heterocycles. The van der Waals surface area contributed by atoms with Crippen LogP contribution in [-0.2, 0) is 27.1 Å². The molecule has 1 aromatic heterocycles. The van der Waals surface area contributed by atoms with Crippen LogP contribution in [0.3, 0.4) is 0 Å². The van der Waals surface area contributed by atoms with Crippen molar-refractivity contribution in [3.8, 4) is 5.75 Å². The largest absolute Gasteiger partial charge is 0.497 e. The number of imide groups is 1. The molecule has 3 amide bonds. The minimum Gasteiger partial charge on any atom is -0.497 e. The normalized spacial score (nSPS) is 19.5. The summed E-state index contributed by atoms with van der Waals surface area (Å²) in [5.74, 6) is -3.14. The van der Waals surface area contributed by atoms with E-state index in [0.717, 1.165) is 46.2 Å². The number of hydrogen-bond acceptors (Lipinski definition) is 7. The monoisotopic (exact) mass is 659 g/mol. The Balaban J connectivity index is 1.41. The van der Waals surface area contributed by atoms with E-state index in [2.05, 4.69) is 5.32 Å². The number of alkyl halides is 3. The first kappa shape index (κ1) is 30.0. The van der Waals surface area contributed by atoms with E-state index in [1.54, 1.807) is 48.5 Å². The maximum absolute atomic E-state index is 14.0. The SMILES string of the molecule is COc1ccc([C@@H]2c3sc(=O)n(CC(=O)Nc4ccc(Cl)cc4)c3S[C@H]3C(=O)N(c4cccc(C(F)(F)F)c4)C(=O)[C@@H]23)cc1. The fourth-order valence-corrected chi connectivity index (χ4v) is 8.28. The molecule has 0 bridgehead atoms. The van der Waals surface area contributed by atoms with E-state index in [9.17, 15) is 32.3 Å². The number of amides is 3. The number of fused-ring (bicyclic) bond motifs is 2. The summed E-state index contributed by atoms with van der Waals surface area (Å²) < 4.78 is 47.0. The van der Waals surface area contributed by atoms with Gasteiger partial charge < -0.3 is 10.1 Å². The maximum atomic E-state index is 14.0. The topological polar surface area (TPSA) is 97.7 Å². The second kappa shape index (κ2) is 11.5. The van der Waals surface area contributed by atoms with Crippen molar-refractivity contribution in [2.75, 3.05) is 17.3 Å². The first-order valence-corrected chi connectivity index (χ1v) is 15.2. The molecule has 0 radical (unpaired) electrons. The number of halogens is 4. The number of ether oxygens (including phenoxy) is 1. The molecule has 1 N–H and O–H groups in total. The predicted octanol–water partition coefficient (Wildman–Crippen LogP) is 6.03. The predicted molar refractivity (Wildman–Crippen MR) is 161 cm³/mol. The lowest BCUT2D eigenvalue weighted by molar-refractivity contribution is -0.137. The van der Waals surface area contributed by atoms with E-state index < -0.39 is 51.4 Å². The molecule has 8 nitrogen and oxygen atoms in total. The van der Waals surface area contributed by atoms with Gasteiger partial charge in [-0.25, -0.2) is 4.90 Å². The Morgan fingerprint density at radius 2 is 1.70 bits per heavy atom. The fourth-order valence-electron chi connectivity index (χ4n) is 5.38. The zero-order chi connectivity index (χ0) is 31.3. The van der Waals surface area contributed by atoms with Crippen LogP contribution in [0.5, 0.6) is 5.75 Å². The molecule has 226 valence electrons. The Bertz CT molecular complexity index is 1840. The number of carbonyl (C=O) groups is 3. The molecule has 14 heteroatoms. The van der Waals surface area contributed by atoms with E-state index in [0.29, 0.717) is 31.9 Å². The summed E-state index contributed by atoms with van der Waals surface area (Å²) in [7, 11) is 1.49. The maximum Gasteiger partial charge on any atom is 0.416 e. The van der Waals surface area contributed by atoms with Gasteiger partial charge in [0.15, 0.2) is 0 Å². The molecule has 0 saturated carbocycles. The summed E-state index contributed by atoms with van der Waals surface area (Å²) in [6, 6.07) is 17.3.